The number of hydrogen-bond acceptors (Lipinski definition) is 3. The number of benzene rings is 2. The molecule has 1 aliphatic heterocycles. The number of hydrogen-bond donors (Lipinski definition) is 0. The summed E-state index contributed by atoms with van der Waals surface area (Å²) in [6, 6.07) is 14.2. The van der Waals surface area contributed by atoms with Crippen molar-refractivity contribution >= 4 is 17.5 Å². The van der Waals surface area contributed by atoms with E-state index in [2.05, 4.69) is 10.3 Å². The number of amides is 1. The number of nitrogens with zero attached hydrogens (tertiary/aromatic N) is 4. The molecule has 1 amide bonds. The van der Waals surface area contributed by atoms with Crippen molar-refractivity contribution in [2.24, 2.45) is 0 Å². The van der Waals surface area contributed by atoms with Crippen LogP contribution in [0.15, 0.2) is 54.7 Å². The number of likely N-dealkylation sites (tertiary alicyclic amines) is 1. The SMILES string of the molecule is O=C(c1cn(Cc2ccccc2Cl)nn1)N1CCC(c2ccccc2F)C1. The largest absolute Gasteiger partial charge is 0.337 e. The molecule has 1 aliphatic rings. The lowest BCUT2D eigenvalue weighted by atomic mass is 9.98. The summed E-state index contributed by atoms with van der Waals surface area (Å²) in [4.78, 5) is 14.4. The fourth-order valence-corrected chi connectivity index (χ4v) is 3.64. The van der Waals surface area contributed by atoms with Crippen LogP contribution in [0, 0.1) is 5.82 Å². The monoisotopic (exact) mass is 384 g/mol. The van der Waals surface area contributed by atoms with Crippen LogP contribution >= 0.6 is 11.6 Å². The highest BCUT2D eigenvalue weighted by Crippen LogP contribution is 2.29. The standard InChI is InChI=1S/C20H18ClFN4O/c21-17-7-3-1-5-15(17)12-26-13-19(23-24-26)20(27)25-10-9-14(11-25)16-6-2-4-8-18(16)22/h1-8,13-14H,9-12H2. The molecule has 0 N–H and O–H groups in total. The van der Waals surface area contributed by atoms with Crippen molar-refractivity contribution in [1.82, 2.24) is 19.9 Å². The van der Waals surface area contributed by atoms with Gasteiger partial charge < -0.3 is 4.90 Å². The fraction of sp³-hybridized carbons (Fsp3) is 0.250. The minimum atomic E-state index is -0.220. The average molecular weight is 385 g/mol. The Morgan fingerprint density at radius 3 is 2.78 bits per heavy atom. The van der Waals surface area contributed by atoms with Crippen LogP contribution in [0.4, 0.5) is 4.39 Å². The molecule has 4 rings (SSSR count). The van der Waals surface area contributed by atoms with Gasteiger partial charge in [0.05, 0.1) is 12.7 Å². The maximum atomic E-state index is 14.0. The first-order valence-corrected chi connectivity index (χ1v) is 9.17. The van der Waals surface area contributed by atoms with Crippen molar-refractivity contribution in [3.63, 3.8) is 0 Å². The molecule has 1 atom stereocenters. The highest BCUT2D eigenvalue weighted by atomic mass is 35.5. The fourth-order valence-electron chi connectivity index (χ4n) is 3.44. The molecule has 2 aromatic carbocycles. The summed E-state index contributed by atoms with van der Waals surface area (Å²) in [6.45, 7) is 1.50. The molecule has 0 radical (unpaired) electrons. The number of rotatable bonds is 4. The van der Waals surface area contributed by atoms with Gasteiger partial charge in [0.2, 0.25) is 0 Å². The van der Waals surface area contributed by atoms with Crippen LogP contribution in [-0.2, 0) is 6.54 Å². The molecule has 27 heavy (non-hydrogen) atoms. The van der Waals surface area contributed by atoms with Gasteiger partial charge in [0.15, 0.2) is 5.69 Å². The third-order valence-electron chi connectivity index (χ3n) is 4.87. The van der Waals surface area contributed by atoms with Crippen molar-refractivity contribution in [2.45, 2.75) is 18.9 Å². The molecule has 0 aliphatic carbocycles. The van der Waals surface area contributed by atoms with Gasteiger partial charge in [-0.2, -0.15) is 0 Å². The predicted molar refractivity (Wildman–Crippen MR) is 100 cm³/mol. The summed E-state index contributed by atoms with van der Waals surface area (Å²) < 4.78 is 15.6. The third-order valence-corrected chi connectivity index (χ3v) is 5.24. The summed E-state index contributed by atoms with van der Waals surface area (Å²) in [6.07, 6.45) is 2.36. The van der Waals surface area contributed by atoms with Gasteiger partial charge >= 0.3 is 0 Å². The molecular formula is C20H18ClFN4O. The topological polar surface area (TPSA) is 51.0 Å². The van der Waals surface area contributed by atoms with E-state index in [0.29, 0.717) is 30.2 Å². The number of carbonyl (C=O) groups excluding carboxylic acids is 1. The van der Waals surface area contributed by atoms with Crippen LogP contribution in [0.1, 0.15) is 34.0 Å². The van der Waals surface area contributed by atoms with Gasteiger partial charge in [0.25, 0.3) is 5.91 Å². The zero-order chi connectivity index (χ0) is 18.8. The second-order valence-electron chi connectivity index (χ2n) is 6.65. The molecule has 0 spiro atoms. The third kappa shape index (κ3) is 3.71. The van der Waals surface area contributed by atoms with E-state index >= 15 is 0 Å². The Morgan fingerprint density at radius 2 is 1.96 bits per heavy atom. The van der Waals surface area contributed by atoms with Crippen molar-refractivity contribution in [1.29, 1.82) is 0 Å². The lowest BCUT2D eigenvalue weighted by Crippen LogP contribution is -2.28. The molecule has 7 heteroatoms. The highest BCUT2D eigenvalue weighted by molar-refractivity contribution is 6.31. The van der Waals surface area contributed by atoms with E-state index < -0.39 is 0 Å². The van der Waals surface area contributed by atoms with Crippen molar-refractivity contribution in [3.8, 4) is 0 Å². The van der Waals surface area contributed by atoms with Gasteiger partial charge in [-0.25, -0.2) is 9.07 Å². The minimum absolute atomic E-state index is 0.00770. The van der Waals surface area contributed by atoms with Gasteiger partial charge in [-0.1, -0.05) is 53.2 Å². The number of carbonyl (C=O) groups is 1. The Morgan fingerprint density at radius 1 is 1.19 bits per heavy atom. The number of aromatic nitrogens is 3. The lowest BCUT2D eigenvalue weighted by Gasteiger charge is -2.15. The van der Waals surface area contributed by atoms with E-state index in [0.717, 1.165) is 12.0 Å². The van der Waals surface area contributed by atoms with Crippen LogP contribution in [-0.4, -0.2) is 38.9 Å². The van der Waals surface area contributed by atoms with E-state index in [4.69, 9.17) is 11.6 Å². The molecule has 3 aromatic rings. The van der Waals surface area contributed by atoms with Gasteiger partial charge in [-0.3, -0.25) is 4.79 Å². The van der Waals surface area contributed by atoms with E-state index in [9.17, 15) is 9.18 Å². The second kappa shape index (κ2) is 7.48. The smallest absolute Gasteiger partial charge is 0.276 e. The molecule has 2 heterocycles. The molecule has 5 nitrogen and oxygen atoms in total. The Labute approximate surface area is 161 Å². The maximum Gasteiger partial charge on any atom is 0.276 e. The summed E-state index contributed by atoms with van der Waals surface area (Å²) in [5, 5.41) is 8.69. The molecule has 1 saturated heterocycles. The number of halogens is 2. The van der Waals surface area contributed by atoms with E-state index in [1.54, 1.807) is 27.9 Å². The molecule has 1 aromatic heterocycles. The van der Waals surface area contributed by atoms with Gasteiger partial charge in [0, 0.05) is 24.0 Å². The Balaban J connectivity index is 1.44. The first kappa shape index (κ1) is 17.7. The van der Waals surface area contributed by atoms with E-state index in [-0.39, 0.29) is 23.3 Å². The molecule has 1 unspecified atom stereocenters. The summed E-state index contributed by atoms with van der Waals surface area (Å²) >= 11 is 6.17. The van der Waals surface area contributed by atoms with Crippen molar-refractivity contribution in [3.05, 3.63) is 82.4 Å². The van der Waals surface area contributed by atoms with E-state index in [1.807, 2.05) is 30.3 Å². The zero-order valence-corrected chi connectivity index (χ0v) is 15.3. The molecule has 0 saturated carbocycles. The Kier molecular flexibility index (Phi) is 4.90. The minimum Gasteiger partial charge on any atom is -0.337 e. The Bertz CT molecular complexity index is 974. The summed E-state index contributed by atoms with van der Waals surface area (Å²) in [5.74, 6) is -0.393. The van der Waals surface area contributed by atoms with Gasteiger partial charge in [-0.15, -0.1) is 5.10 Å². The first-order chi connectivity index (χ1) is 13.1. The average Bonchev–Trinajstić information content (AvgIpc) is 3.33. The van der Waals surface area contributed by atoms with Crippen LogP contribution in [0.2, 0.25) is 5.02 Å². The molecule has 138 valence electrons. The summed E-state index contributed by atoms with van der Waals surface area (Å²) in [5.41, 5.74) is 1.86. The quantitative estimate of drug-likeness (QED) is 0.688. The van der Waals surface area contributed by atoms with E-state index in [1.165, 1.54) is 6.07 Å². The molecule has 1 fully saturated rings. The molecule has 0 bridgehead atoms. The lowest BCUT2D eigenvalue weighted by molar-refractivity contribution is 0.0784. The normalized spacial score (nSPS) is 16.7. The van der Waals surface area contributed by atoms with Gasteiger partial charge in [0.1, 0.15) is 5.82 Å². The van der Waals surface area contributed by atoms with Crippen LogP contribution < -0.4 is 0 Å². The first-order valence-electron chi connectivity index (χ1n) is 8.79. The van der Waals surface area contributed by atoms with Crippen LogP contribution in [0.5, 0.6) is 0 Å². The van der Waals surface area contributed by atoms with Crippen molar-refractivity contribution in [2.75, 3.05) is 13.1 Å². The van der Waals surface area contributed by atoms with Crippen LogP contribution in [0.3, 0.4) is 0 Å². The second-order valence-corrected chi connectivity index (χ2v) is 7.06. The highest BCUT2D eigenvalue weighted by Gasteiger charge is 2.30. The van der Waals surface area contributed by atoms with Gasteiger partial charge in [-0.05, 0) is 29.7 Å². The van der Waals surface area contributed by atoms with Crippen molar-refractivity contribution < 1.29 is 9.18 Å². The molecular weight excluding hydrogens is 367 g/mol. The summed E-state index contributed by atoms with van der Waals surface area (Å²) in [7, 11) is 0. The van der Waals surface area contributed by atoms with Crippen LogP contribution in [0.25, 0.3) is 0 Å². The zero-order valence-electron chi connectivity index (χ0n) is 14.6. The maximum absolute atomic E-state index is 14.0. The Hall–Kier alpha value is -2.73. The predicted octanol–water partition coefficient (Wildman–Crippen LogP) is 3.75.